The van der Waals surface area contributed by atoms with Crippen molar-refractivity contribution in [3.05, 3.63) is 17.8 Å². The summed E-state index contributed by atoms with van der Waals surface area (Å²) in [5.74, 6) is 0.979. The predicted molar refractivity (Wildman–Crippen MR) is 56.8 cm³/mol. The number of aromatic amines is 1. The number of nitrogens with one attached hydrogen (secondary N) is 1. The minimum Gasteiger partial charge on any atom is -0.356 e. The Morgan fingerprint density at radius 1 is 1.57 bits per heavy atom. The normalized spacial score (nSPS) is 11.9. The highest BCUT2D eigenvalue weighted by atomic mass is 32.2. The number of hydrogen-bond acceptors (Lipinski definition) is 4. The molecular weight excluding hydrogens is 222 g/mol. The van der Waals surface area contributed by atoms with E-state index in [1.807, 2.05) is 6.07 Å². The third-order valence-electron chi connectivity index (χ3n) is 1.46. The highest BCUT2D eigenvalue weighted by Gasteiger charge is 2.04. The molecule has 0 fully saturated rings. The lowest BCUT2D eigenvalue weighted by Crippen LogP contribution is -2.01. The highest BCUT2D eigenvalue weighted by Crippen LogP contribution is 2.17. The van der Waals surface area contributed by atoms with Gasteiger partial charge in [-0.3, -0.25) is 4.18 Å². The summed E-state index contributed by atoms with van der Waals surface area (Å²) in [5.41, 5.74) is 0.839. The van der Waals surface area contributed by atoms with E-state index in [4.69, 9.17) is 0 Å². The summed E-state index contributed by atoms with van der Waals surface area (Å²) in [4.78, 5) is 3.03. The van der Waals surface area contributed by atoms with Crippen LogP contribution in [0.5, 0.6) is 0 Å². The Balaban J connectivity index is 2.52. The van der Waals surface area contributed by atoms with Crippen molar-refractivity contribution in [3.8, 4) is 0 Å². The van der Waals surface area contributed by atoms with E-state index in [9.17, 15) is 8.42 Å². The zero-order valence-corrected chi connectivity index (χ0v) is 9.74. The Hall–Kier alpha value is -0.460. The number of thioether (sulfide) groups is 1. The maximum absolute atomic E-state index is 10.7. The molecule has 1 rings (SSSR count). The summed E-state index contributed by atoms with van der Waals surface area (Å²) in [6, 6.07) is 1.89. The molecule has 1 aromatic heterocycles. The van der Waals surface area contributed by atoms with E-state index < -0.39 is 10.1 Å². The van der Waals surface area contributed by atoms with Crippen molar-refractivity contribution >= 4 is 21.9 Å². The van der Waals surface area contributed by atoms with Gasteiger partial charge in [0.2, 0.25) is 0 Å². The first-order valence-electron chi connectivity index (χ1n) is 4.16. The molecule has 0 unspecified atom stereocenters. The van der Waals surface area contributed by atoms with Gasteiger partial charge in [-0.1, -0.05) is 6.92 Å². The van der Waals surface area contributed by atoms with Gasteiger partial charge in [-0.05, 0) is 17.4 Å². The van der Waals surface area contributed by atoms with E-state index in [1.54, 1.807) is 18.0 Å². The lowest BCUT2D eigenvalue weighted by Gasteiger charge is -1.96. The minimum absolute atomic E-state index is 0.0968. The maximum atomic E-state index is 10.7. The van der Waals surface area contributed by atoms with Crippen molar-refractivity contribution in [1.29, 1.82) is 0 Å². The molecule has 0 spiro atoms. The van der Waals surface area contributed by atoms with Crippen LogP contribution in [0.25, 0.3) is 0 Å². The van der Waals surface area contributed by atoms with Crippen molar-refractivity contribution < 1.29 is 12.6 Å². The Morgan fingerprint density at radius 2 is 2.29 bits per heavy atom. The fourth-order valence-corrected chi connectivity index (χ4v) is 1.95. The van der Waals surface area contributed by atoms with Crippen LogP contribution in [-0.4, -0.2) is 25.4 Å². The molecular formula is C8H13NO3S2. The van der Waals surface area contributed by atoms with Gasteiger partial charge in [-0.15, -0.1) is 11.8 Å². The minimum atomic E-state index is -3.35. The van der Waals surface area contributed by atoms with Gasteiger partial charge >= 0.3 is 0 Å². The molecule has 0 radical (unpaired) electrons. The number of aromatic nitrogens is 1. The standard InChI is InChI=1S/C8H13NO3S2/c1-3-13-8-4-7(5-9-8)6-12-14(2,10)11/h4-5,9H,3,6H2,1-2H3. The van der Waals surface area contributed by atoms with Gasteiger partial charge in [0.1, 0.15) is 0 Å². The average Bonchev–Trinajstić information content (AvgIpc) is 2.49. The van der Waals surface area contributed by atoms with E-state index in [2.05, 4.69) is 16.1 Å². The molecule has 1 N–H and O–H groups in total. The third kappa shape index (κ3) is 4.17. The topological polar surface area (TPSA) is 59.2 Å². The lowest BCUT2D eigenvalue weighted by molar-refractivity contribution is 0.312. The lowest BCUT2D eigenvalue weighted by atomic mass is 10.4. The molecule has 4 nitrogen and oxygen atoms in total. The molecule has 0 aromatic carbocycles. The first-order chi connectivity index (χ1) is 6.51. The molecule has 0 bridgehead atoms. The molecule has 1 aromatic rings. The molecule has 80 valence electrons. The molecule has 1 heterocycles. The van der Waals surface area contributed by atoms with E-state index in [1.165, 1.54) is 0 Å². The number of rotatable bonds is 5. The smallest absolute Gasteiger partial charge is 0.264 e. The van der Waals surface area contributed by atoms with E-state index in [0.717, 1.165) is 22.6 Å². The second-order valence-corrected chi connectivity index (χ2v) is 5.72. The average molecular weight is 235 g/mol. The van der Waals surface area contributed by atoms with Crippen LogP contribution in [0.2, 0.25) is 0 Å². The Kier molecular flexibility index (Phi) is 4.03. The third-order valence-corrected chi connectivity index (χ3v) is 2.84. The molecule has 0 aliphatic heterocycles. The van der Waals surface area contributed by atoms with Gasteiger partial charge in [0, 0.05) is 6.20 Å². The molecule has 0 atom stereocenters. The van der Waals surface area contributed by atoms with Crippen LogP contribution < -0.4 is 0 Å². The van der Waals surface area contributed by atoms with Crippen molar-refractivity contribution in [3.63, 3.8) is 0 Å². The van der Waals surface area contributed by atoms with Gasteiger partial charge < -0.3 is 4.98 Å². The van der Waals surface area contributed by atoms with E-state index >= 15 is 0 Å². The van der Waals surface area contributed by atoms with Gasteiger partial charge in [0.05, 0.1) is 17.9 Å². The zero-order chi connectivity index (χ0) is 10.6. The number of H-pyrrole nitrogens is 1. The second kappa shape index (κ2) is 4.86. The van der Waals surface area contributed by atoms with E-state index in [0.29, 0.717) is 0 Å². The fourth-order valence-electron chi connectivity index (χ4n) is 0.913. The van der Waals surface area contributed by atoms with Crippen LogP contribution in [0.1, 0.15) is 12.5 Å². The highest BCUT2D eigenvalue weighted by molar-refractivity contribution is 7.99. The Morgan fingerprint density at radius 3 is 2.86 bits per heavy atom. The monoisotopic (exact) mass is 235 g/mol. The molecule has 14 heavy (non-hydrogen) atoms. The molecule has 0 amide bonds. The van der Waals surface area contributed by atoms with Gasteiger partial charge in [0.15, 0.2) is 0 Å². The Bertz CT molecular complexity index is 383. The largest absolute Gasteiger partial charge is 0.356 e. The first kappa shape index (κ1) is 11.6. The van der Waals surface area contributed by atoms with Crippen LogP contribution in [-0.2, 0) is 20.9 Å². The second-order valence-electron chi connectivity index (χ2n) is 2.77. The summed E-state index contributed by atoms with van der Waals surface area (Å²) in [7, 11) is -3.35. The molecule has 0 aliphatic carbocycles. The molecule has 6 heteroatoms. The van der Waals surface area contributed by atoms with Crippen LogP contribution in [0.15, 0.2) is 17.3 Å². The molecule has 0 saturated carbocycles. The van der Waals surface area contributed by atoms with Gasteiger partial charge in [0.25, 0.3) is 10.1 Å². The zero-order valence-electron chi connectivity index (χ0n) is 8.11. The number of hydrogen-bond donors (Lipinski definition) is 1. The fraction of sp³-hybridized carbons (Fsp3) is 0.500. The van der Waals surface area contributed by atoms with Gasteiger partial charge in [-0.2, -0.15) is 8.42 Å². The van der Waals surface area contributed by atoms with Crippen molar-refractivity contribution in [2.75, 3.05) is 12.0 Å². The molecule has 0 saturated heterocycles. The molecule has 0 aliphatic rings. The summed E-state index contributed by atoms with van der Waals surface area (Å²) in [5, 5.41) is 1.03. The van der Waals surface area contributed by atoms with E-state index in [-0.39, 0.29) is 6.61 Å². The van der Waals surface area contributed by atoms with Crippen molar-refractivity contribution in [2.24, 2.45) is 0 Å². The van der Waals surface area contributed by atoms with Crippen LogP contribution >= 0.6 is 11.8 Å². The maximum Gasteiger partial charge on any atom is 0.264 e. The SMILES string of the molecule is CCSc1cc(COS(C)(=O)=O)c[nH]1. The van der Waals surface area contributed by atoms with Crippen LogP contribution in [0, 0.1) is 0 Å². The quantitative estimate of drug-likeness (QED) is 0.622. The summed E-state index contributed by atoms with van der Waals surface area (Å²) >= 11 is 1.67. The Labute approximate surface area is 88.2 Å². The van der Waals surface area contributed by atoms with Crippen molar-refractivity contribution in [1.82, 2.24) is 4.98 Å². The predicted octanol–water partition coefficient (Wildman–Crippen LogP) is 1.60. The van der Waals surface area contributed by atoms with Gasteiger partial charge in [-0.25, -0.2) is 0 Å². The first-order valence-corrected chi connectivity index (χ1v) is 6.96. The summed E-state index contributed by atoms with van der Waals surface area (Å²) in [6.07, 6.45) is 2.80. The summed E-state index contributed by atoms with van der Waals surface area (Å²) in [6.45, 7) is 2.15. The van der Waals surface area contributed by atoms with Crippen molar-refractivity contribution in [2.45, 2.75) is 18.6 Å². The summed E-state index contributed by atoms with van der Waals surface area (Å²) < 4.78 is 26.0. The van der Waals surface area contributed by atoms with Crippen LogP contribution in [0.3, 0.4) is 0 Å². The van der Waals surface area contributed by atoms with Crippen LogP contribution in [0.4, 0.5) is 0 Å².